The minimum Gasteiger partial charge on any atom is -0.275 e. The number of halogens is 3. The number of rotatable bonds is 1. The molecule has 20 heavy (non-hydrogen) atoms. The fourth-order valence-corrected chi connectivity index (χ4v) is 1.28. The van der Waals surface area contributed by atoms with E-state index >= 15 is 0 Å². The van der Waals surface area contributed by atoms with E-state index in [0.717, 1.165) is 6.07 Å². The first-order chi connectivity index (χ1) is 9.47. The smallest absolute Gasteiger partial charge is 0.275 e. The van der Waals surface area contributed by atoms with Crippen molar-refractivity contribution < 1.29 is 13.2 Å². The Morgan fingerprint density at radius 1 is 1.00 bits per heavy atom. The lowest BCUT2D eigenvalue weighted by atomic mass is 10.2. The van der Waals surface area contributed by atoms with Crippen LogP contribution in [0.25, 0.3) is 11.3 Å². The van der Waals surface area contributed by atoms with Crippen LogP contribution in [0.3, 0.4) is 0 Å². The molecule has 0 amide bonds. The molecule has 0 radical (unpaired) electrons. The molecular formula is C14H20F3N3. The van der Waals surface area contributed by atoms with Gasteiger partial charge in [-0.2, -0.15) is 18.3 Å². The Kier molecular flexibility index (Phi) is 7.57. The lowest BCUT2D eigenvalue weighted by molar-refractivity contribution is -0.141. The highest BCUT2D eigenvalue weighted by Crippen LogP contribution is 2.28. The summed E-state index contributed by atoms with van der Waals surface area (Å²) in [5.74, 6) is 0. The number of hydrogen-bond acceptors (Lipinski definition) is 2. The molecule has 112 valence electrons. The highest BCUT2D eigenvalue weighted by atomic mass is 19.4. The van der Waals surface area contributed by atoms with Gasteiger partial charge in [-0.15, -0.1) is 0 Å². The summed E-state index contributed by atoms with van der Waals surface area (Å²) in [5.41, 5.74) is 0.268. The van der Waals surface area contributed by atoms with Gasteiger partial charge in [0.15, 0.2) is 0 Å². The zero-order valence-corrected chi connectivity index (χ0v) is 12.4. The van der Waals surface area contributed by atoms with E-state index in [-0.39, 0.29) is 0 Å². The molecule has 0 spiro atoms. The highest BCUT2D eigenvalue weighted by molar-refractivity contribution is 5.57. The van der Waals surface area contributed by atoms with Crippen LogP contribution in [0.1, 0.15) is 33.4 Å². The summed E-state index contributed by atoms with van der Waals surface area (Å²) in [6, 6.07) is 4.02. The van der Waals surface area contributed by atoms with E-state index in [9.17, 15) is 13.2 Å². The molecule has 0 bridgehead atoms. The second-order valence-corrected chi connectivity index (χ2v) is 3.30. The Labute approximate surface area is 117 Å². The van der Waals surface area contributed by atoms with E-state index in [1.54, 1.807) is 24.0 Å². The van der Waals surface area contributed by atoms with Gasteiger partial charge in [-0.25, -0.2) is 0 Å². The number of pyridine rings is 1. The molecule has 0 saturated heterocycles. The van der Waals surface area contributed by atoms with Crippen molar-refractivity contribution in [2.24, 2.45) is 7.05 Å². The molecule has 0 aliphatic carbocycles. The van der Waals surface area contributed by atoms with Crippen molar-refractivity contribution in [3.05, 3.63) is 36.3 Å². The van der Waals surface area contributed by atoms with Crippen LogP contribution in [0.5, 0.6) is 0 Å². The first-order valence-corrected chi connectivity index (χ1v) is 6.50. The first-order valence-electron chi connectivity index (χ1n) is 6.50. The maximum atomic E-state index is 12.2. The molecule has 2 aromatic heterocycles. The van der Waals surface area contributed by atoms with Crippen molar-refractivity contribution in [3.8, 4) is 11.3 Å². The van der Waals surface area contributed by atoms with Crippen LogP contribution in [-0.4, -0.2) is 14.8 Å². The van der Waals surface area contributed by atoms with Crippen LogP contribution < -0.4 is 0 Å². The molecule has 0 fully saturated rings. The lowest BCUT2D eigenvalue weighted by Gasteiger charge is -2.05. The highest BCUT2D eigenvalue weighted by Gasteiger charge is 2.32. The van der Waals surface area contributed by atoms with Gasteiger partial charge in [-0.05, 0) is 18.2 Å². The van der Waals surface area contributed by atoms with E-state index in [4.69, 9.17) is 0 Å². The molecule has 0 unspecified atom stereocenters. The minimum atomic E-state index is -4.40. The van der Waals surface area contributed by atoms with Crippen molar-refractivity contribution in [3.63, 3.8) is 0 Å². The SMILES string of the molecule is CC.CC.Cn1ccc(-c2ccc(C(F)(F)F)nc2)n1. The van der Waals surface area contributed by atoms with E-state index in [2.05, 4.69) is 10.1 Å². The number of nitrogens with zero attached hydrogens (tertiary/aromatic N) is 3. The summed E-state index contributed by atoms with van der Waals surface area (Å²) >= 11 is 0. The summed E-state index contributed by atoms with van der Waals surface area (Å²) < 4.78 is 38.3. The average molecular weight is 287 g/mol. The number of hydrogen-bond donors (Lipinski definition) is 0. The van der Waals surface area contributed by atoms with Crippen LogP contribution >= 0.6 is 0 Å². The predicted molar refractivity (Wildman–Crippen MR) is 74.1 cm³/mol. The summed E-state index contributed by atoms with van der Waals surface area (Å²) in [5, 5.41) is 4.07. The minimum absolute atomic E-state index is 0.564. The molecule has 0 aromatic carbocycles. The van der Waals surface area contributed by atoms with E-state index in [1.807, 2.05) is 27.7 Å². The van der Waals surface area contributed by atoms with Gasteiger partial charge in [0.05, 0.1) is 5.69 Å². The van der Waals surface area contributed by atoms with Crippen molar-refractivity contribution in [1.29, 1.82) is 0 Å². The molecule has 0 atom stereocenters. The maximum Gasteiger partial charge on any atom is 0.433 e. The summed E-state index contributed by atoms with van der Waals surface area (Å²) in [4.78, 5) is 3.36. The van der Waals surface area contributed by atoms with Crippen LogP contribution in [-0.2, 0) is 13.2 Å². The van der Waals surface area contributed by atoms with E-state index in [0.29, 0.717) is 11.3 Å². The van der Waals surface area contributed by atoms with Crippen molar-refractivity contribution in [2.75, 3.05) is 0 Å². The van der Waals surface area contributed by atoms with Gasteiger partial charge in [0.1, 0.15) is 5.69 Å². The topological polar surface area (TPSA) is 30.7 Å². The fourth-order valence-electron chi connectivity index (χ4n) is 1.28. The molecule has 2 heterocycles. The van der Waals surface area contributed by atoms with Crippen LogP contribution in [0.15, 0.2) is 30.6 Å². The molecule has 0 aliphatic heterocycles. The molecule has 0 aliphatic rings. The van der Waals surface area contributed by atoms with Crippen molar-refractivity contribution in [2.45, 2.75) is 33.9 Å². The third-order valence-corrected chi connectivity index (χ3v) is 2.06. The Balaban J connectivity index is 0.000000829. The van der Waals surface area contributed by atoms with Crippen molar-refractivity contribution in [1.82, 2.24) is 14.8 Å². The van der Waals surface area contributed by atoms with Gasteiger partial charge >= 0.3 is 6.18 Å². The van der Waals surface area contributed by atoms with Crippen LogP contribution in [0.2, 0.25) is 0 Å². The molecule has 2 rings (SSSR count). The Morgan fingerprint density at radius 3 is 1.95 bits per heavy atom. The second-order valence-electron chi connectivity index (χ2n) is 3.30. The Bertz CT molecular complexity index is 487. The predicted octanol–water partition coefficient (Wildman–Crippen LogP) is 4.55. The van der Waals surface area contributed by atoms with Crippen LogP contribution in [0, 0.1) is 0 Å². The van der Waals surface area contributed by atoms with E-state index in [1.165, 1.54) is 12.3 Å². The second kappa shape index (κ2) is 8.35. The largest absolute Gasteiger partial charge is 0.433 e. The van der Waals surface area contributed by atoms with E-state index < -0.39 is 11.9 Å². The number of alkyl halides is 3. The Hall–Kier alpha value is -1.85. The third kappa shape index (κ3) is 5.03. The molecule has 6 heteroatoms. The Morgan fingerprint density at radius 2 is 1.60 bits per heavy atom. The summed E-state index contributed by atoms with van der Waals surface area (Å²) in [6.07, 6.45) is -1.51. The van der Waals surface area contributed by atoms with Gasteiger partial charge in [-0.1, -0.05) is 27.7 Å². The fraction of sp³-hybridized carbons (Fsp3) is 0.429. The number of aromatic nitrogens is 3. The quantitative estimate of drug-likeness (QED) is 0.770. The van der Waals surface area contributed by atoms with Gasteiger partial charge in [0, 0.05) is 25.0 Å². The van der Waals surface area contributed by atoms with Gasteiger partial charge in [0.25, 0.3) is 0 Å². The molecule has 3 nitrogen and oxygen atoms in total. The standard InChI is InChI=1S/C10H8F3N3.2C2H6/c1-16-5-4-8(15-16)7-2-3-9(14-6-7)10(11,12)13;2*1-2/h2-6H,1H3;2*1-2H3. The summed E-state index contributed by atoms with van der Waals surface area (Å²) in [7, 11) is 1.74. The van der Waals surface area contributed by atoms with Gasteiger partial charge in [-0.3, -0.25) is 9.67 Å². The normalized spacial score (nSPS) is 10.0. The lowest BCUT2D eigenvalue weighted by Crippen LogP contribution is -2.07. The summed E-state index contributed by atoms with van der Waals surface area (Å²) in [6.45, 7) is 8.00. The molecule has 0 saturated carbocycles. The van der Waals surface area contributed by atoms with Gasteiger partial charge < -0.3 is 0 Å². The molecule has 0 N–H and O–H groups in total. The maximum absolute atomic E-state index is 12.2. The average Bonchev–Trinajstić information content (AvgIpc) is 2.89. The number of aryl methyl sites for hydroxylation is 1. The first kappa shape index (κ1) is 18.1. The zero-order chi connectivity index (χ0) is 15.8. The van der Waals surface area contributed by atoms with Gasteiger partial charge in [0.2, 0.25) is 0 Å². The van der Waals surface area contributed by atoms with Crippen molar-refractivity contribution >= 4 is 0 Å². The molecule has 2 aromatic rings. The third-order valence-electron chi connectivity index (χ3n) is 2.06. The van der Waals surface area contributed by atoms with Crippen LogP contribution in [0.4, 0.5) is 13.2 Å². The monoisotopic (exact) mass is 287 g/mol. The zero-order valence-electron chi connectivity index (χ0n) is 12.4. The molecular weight excluding hydrogens is 267 g/mol.